The van der Waals surface area contributed by atoms with E-state index in [1.807, 2.05) is 6.07 Å². The second-order valence-corrected chi connectivity index (χ2v) is 10.9. The number of alkyl halides is 3. The van der Waals surface area contributed by atoms with Gasteiger partial charge >= 0.3 is 6.18 Å². The number of sulfonamides is 1. The van der Waals surface area contributed by atoms with Gasteiger partial charge in [0.1, 0.15) is 11.7 Å². The lowest BCUT2D eigenvalue weighted by Crippen LogP contribution is -2.44. The third-order valence-corrected chi connectivity index (χ3v) is 8.15. The lowest BCUT2D eigenvalue weighted by atomic mass is 9.92. The molecule has 37 heavy (non-hydrogen) atoms. The predicted molar refractivity (Wildman–Crippen MR) is 121 cm³/mol. The van der Waals surface area contributed by atoms with Gasteiger partial charge in [0.2, 0.25) is 10.0 Å². The van der Waals surface area contributed by atoms with Crippen molar-refractivity contribution < 1.29 is 41.3 Å². The molecule has 2 fully saturated rings. The molecule has 2 N–H and O–H groups in total. The van der Waals surface area contributed by atoms with E-state index in [0.29, 0.717) is 29.5 Å². The number of nitrogens with zero attached hydrogens (tertiary/aromatic N) is 3. The van der Waals surface area contributed by atoms with E-state index in [2.05, 4.69) is 0 Å². The number of hydrogen-bond acceptors (Lipinski definition) is 8. The Morgan fingerprint density at radius 1 is 1.11 bits per heavy atom. The molecule has 13 heteroatoms. The van der Waals surface area contributed by atoms with E-state index in [1.54, 1.807) is 0 Å². The number of aliphatic hydroxyl groups excluding tert-OH is 1. The van der Waals surface area contributed by atoms with Gasteiger partial charge in [-0.15, -0.1) is 0 Å². The fourth-order valence-corrected chi connectivity index (χ4v) is 5.66. The smallest absolute Gasteiger partial charge is 0.416 e. The summed E-state index contributed by atoms with van der Waals surface area (Å²) in [5.41, 5.74) is -3.44. The van der Waals surface area contributed by atoms with Gasteiger partial charge in [-0.25, -0.2) is 8.42 Å². The Kier molecular flexibility index (Phi) is 7.10. The summed E-state index contributed by atoms with van der Waals surface area (Å²) in [4.78, 5) is -0.642. The van der Waals surface area contributed by atoms with E-state index in [-0.39, 0.29) is 25.0 Å². The average Bonchev–Trinajstić information content (AvgIpc) is 3.62. The topological polar surface area (TPSA) is 144 Å². The number of hydrogen-bond donors (Lipinski definition) is 2. The molecular formula is C24H22F3N3O6S. The van der Waals surface area contributed by atoms with Gasteiger partial charge in [0, 0.05) is 25.1 Å². The van der Waals surface area contributed by atoms with Gasteiger partial charge in [-0.3, -0.25) is 0 Å². The summed E-state index contributed by atoms with van der Waals surface area (Å²) in [7, 11) is -4.51. The molecule has 196 valence electrons. The van der Waals surface area contributed by atoms with Gasteiger partial charge in [-0.2, -0.15) is 28.0 Å². The van der Waals surface area contributed by atoms with Crippen molar-refractivity contribution in [2.24, 2.45) is 5.92 Å². The molecule has 0 aromatic heterocycles. The minimum absolute atomic E-state index is 0.00385. The van der Waals surface area contributed by atoms with Crippen molar-refractivity contribution in [1.82, 2.24) is 4.31 Å². The third-order valence-electron chi connectivity index (χ3n) is 6.28. The zero-order chi connectivity index (χ0) is 27.0. The normalized spacial score (nSPS) is 22.3. The van der Waals surface area contributed by atoms with E-state index >= 15 is 0 Å². The van der Waals surface area contributed by atoms with Crippen molar-refractivity contribution >= 4 is 10.0 Å². The molecule has 0 bridgehead atoms. The summed E-state index contributed by atoms with van der Waals surface area (Å²) < 4.78 is 78.0. The second-order valence-electron chi connectivity index (χ2n) is 8.98. The van der Waals surface area contributed by atoms with Crippen LogP contribution in [0.1, 0.15) is 29.5 Å². The number of β-amino-alcohol motifs (C(OH)–C–C–N with tert-alkyl or cyclic N) is 1. The van der Waals surface area contributed by atoms with Crippen molar-refractivity contribution in [2.75, 3.05) is 26.3 Å². The van der Waals surface area contributed by atoms with Crippen LogP contribution in [0.5, 0.6) is 11.5 Å². The number of halogens is 3. The maximum absolute atomic E-state index is 13.3. The Morgan fingerprint density at radius 2 is 1.84 bits per heavy atom. The van der Waals surface area contributed by atoms with Gasteiger partial charge in [0.25, 0.3) is 0 Å². The fraction of sp³-hybridized carbons (Fsp3) is 0.417. The Labute approximate surface area is 210 Å². The summed E-state index contributed by atoms with van der Waals surface area (Å²) in [6.45, 7) is -1.96. The summed E-state index contributed by atoms with van der Waals surface area (Å²) in [5.74, 6) is -0.348. The molecule has 1 unspecified atom stereocenters. The van der Waals surface area contributed by atoms with Crippen molar-refractivity contribution in [3.05, 3.63) is 53.1 Å². The Bertz CT molecular complexity index is 1380. The molecule has 2 aromatic carbocycles. The van der Waals surface area contributed by atoms with Crippen LogP contribution in [-0.2, 0) is 16.2 Å². The van der Waals surface area contributed by atoms with Crippen molar-refractivity contribution in [3.8, 4) is 23.6 Å². The van der Waals surface area contributed by atoms with Crippen LogP contribution in [0.4, 0.5) is 13.2 Å². The van der Waals surface area contributed by atoms with Crippen LogP contribution in [0, 0.1) is 28.6 Å². The van der Waals surface area contributed by atoms with Gasteiger partial charge in [-0.1, -0.05) is 0 Å². The van der Waals surface area contributed by atoms with Crippen molar-refractivity contribution in [1.29, 1.82) is 10.5 Å². The van der Waals surface area contributed by atoms with Gasteiger partial charge in [0.05, 0.1) is 47.0 Å². The van der Waals surface area contributed by atoms with Gasteiger partial charge < -0.3 is 19.7 Å². The lowest BCUT2D eigenvalue weighted by molar-refractivity contribution is -0.137. The minimum atomic E-state index is -4.77. The highest BCUT2D eigenvalue weighted by Gasteiger charge is 2.50. The van der Waals surface area contributed by atoms with Crippen LogP contribution < -0.4 is 9.47 Å². The molecule has 0 radical (unpaired) electrons. The van der Waals surface area contributed by atoms with Crippen LogP contribution in [0.15, 0.2) is 41.3 Å². The highest BCUT2D eigenvalue weighted by Crippen LogP contribution is 2.38. The van der Waals surface area contributed by atoms with Crippen LogP contribution in [-0.4, -0.2) is 60.9 Å². The first-order valence-electron chi connectivity index (χ1n) is 11.2. The van der Waals surface area contributed by atoms with Crippen LogP contribution in [0.2, 0.25) is 0 Å². The van der Waals surface area contributed by atoms with Gasteiger partial charge in [-0.05, 0) is 43.2 Å². The quantitative estimate of drug-likeness (QED) is 0.523. The molecule has 0 amide bonds. The molecule has 1 saturated carbocycles. The molecule has 1 aliphatic carbocycles. The van der Waals surface area contributed by atoms with Gasteiger partial charge in [0.15, 0.2) is 11.5 Å². The van der Waals surface area contributed by atoms with E-state index in [4.69, 9.17) is 14.7 Å². The van der Waals surface area contributed by atoms with Crippen molar-refractivity contribution in [2.45, 2.75) is 35.6 Å². The number of benzene rings is 2. The molecule has 1 aliphatic heterocycles. The van der Waals surface area contributed by atoms with Crippen LogP contribution >= 0.6 is 0 Å². The standard InChI is InChI=1S/C24H22F3N3O6S/c25-24(26,27)17-2-6-22(16(8-17)10-29)37(33,34)30-11-18(23(32,13-30)14-31)12-35-20-5-1-15(9-28)7-21(20)36-19-3-4-19/h1-2,5-8,18-19,31-32H,3-4,11-14H2/t18?,23-/m1/s1. The van der Waals surface area contributed by atoms with Crippen LogP contribution in [0.25, 0.3) is 0 Å². The molecule has 0 spiro atoms. The number of aliphatic hydroxyl groups is 2. The number of ether oxygens (including phenoxy) is 2. The molecule has 1 saturated heterocycles. The summed E-state index contributed by atoms with van der Waals surface area (Å²) >= 11 is 0. The highest BCUT2D eigenvalue weighted by atomic mass is 32.2. The summed E-state index contributed by atoms with van der Waals surface area (Å²) in [5, 5.41) is 39.3. The van der Waals surface area contributed by atoms with E-state index in [0.717, 1.165) is 17.1 Å². The SMILES string of the molecule is N#Cc1ccc(OCC2CN(S(=O)(=O)c3ccc(C(F)(F)F)cc3C#N)C[C@@]2(O)CO)c(OC2CC2)c1. The van der Waals surface area contributed by atoms with Crippen molar-refractivity contribution in [3.63, 3.8) is 0 Å². The monoisotopic (exact) mass is 537 g/mol. The largest absolute Gasteiger partial charge is 0.489 e. The zero-order valence-corrected chi connectivity index (χ0v) is 20.1. The minimum Gasteiger partial charge on any atom is -0.489 e. The van der Waals surface area contributed by atoms with Crippen LogP contribution in [0.3, 0.4) is 0 Å². The lowest BCUT2D eigenvalue weighted by Gasteiger charge is -2.27. The maximum atomic E-state index is 13.3. The molecule has 4 rings (SSSR count). The van der Waals surface area contributed by atoms with E-state index in [9.17, 15) is 37.1 Å². The third kappa shape index (κ3) is 5.50. The summed E-state index contributed by atoms with van der Waals surface area (Å²) in [6, 6.07) is 9.73. The number of rotatable bonds is 8. The molecular weight excluding hydrogens is 515 g/mol. The Hall–Kier alpha value is -3.36. The summed E-state index contributed by atoms with van der Waals surface area (Å²) in [6.07, 6.45) is -3.07. The van der Waals surface area contributed by atoms with E-state index in [1.165, 1.54) is 24.3 Å². The second kappa shape index (κ2) is 9.84. The predicted octanol–water partition coefficient (Wildman–Crippen LogP) is 2.41. The zero-order valence-electron chi connectivity index (χ0n) is 19.3. The fourth-order valence-electron chi connectivity index (χ4n) is 3.99. The Balaban J connectivity index is 1.56. The average molecular weight is 538 g/mol. The first-order chi connectivity index (χ1) is 17.4. The molecule has 2 atom stereocenters. The highest BCUT2D eigenvalue weighted by molar-refractivity contribution is 7.89. The first kappa shape index (κ1) is 26.7. The molecule has 2 aromatic rings. The maximum Gasteiger partial charge on any atom is 0.416 e. The Morgan fingerprint density at radius 3 is 2.43 bits per heavy atom. The molecule has 1 heterocycles. The van der Waals surface area contributed by atoms with E-state index < -0.39 is 56.9 Å². The first-order valence-corrected chi connectivity index (χ1v) is 12.6. The molecule has 9 nitrogen and oxygen atoms in total. The molecule has 2 aliphatic rings. The number of nitriles is 2.